The van der Waals surface area contributed by atoms with Crippen LogP contribution in [0.1, 0.15) is 21.6 Å². The van der Waals surface area contributed by atoms with Crippen LogP contribution < -0.4 is 15.6 Å². The first kappa shape index (κ1) is 18.0. The quantitative estimate of drug-likeness (QED) is 0.471. The number of pyridine rings is 1. The van der Waals surface area contributed by atoms with Crippen LogP contribution in [-0.4, -0.2) is 28.5 Å². The molecule has 0 saturated carbocycles. The van der Waals surface area contributed by atoms with Crippen LogP contribution in [0.15, 0.2) is 42.6 Å². The first-order valence-corrected chi connectivity index (χ1v) is 7.76. The van der Waals surface area contributed by atoms with Crippen molar-refractivity contribution in [3.63, 3.8) is 0 Å². The molecule has 0 atom stereocenters. The molecule has 2 N–H and O–H groups in total. The average molecular weight is 370 g/mol. The molecule has 0 radical (unpaired) electrons. The maximum Gasteiger partial charge on any atom is 0.288 e. The smallest absolute Gasteiger partial charge is 0.288 e. The molecule has 3 rings (SSSR count). The minimum atomic E-state index is -0.633. The van der Waals surface area contributed by atoms with E-state index in [0.29, 0.717) is 16.9 Å². The van der Waals surface area contributed by atoms with Crippen LogP contribution in [0.3, 0.4) is 0 Å². The third-order valence-electron chi connectivity index (χ3n) is 3.55. The molecule has 1 aliphatic rings. The van der Waals surface area contributed by atoms with Crippen LogP contribution in [0.4, 0.5) is 5.69 Å². The van der Waals surface area contributed by atoms with Crippen molar-refractivity contribution in [2.45, 2.75) is 6.61 Å². The van der Waals surface area contributed by atoms with E-state index in [1.54, 1.807) is 12.1 Å². The minimum absolute atomic E-state index is 0.0119. The van der Waals surface area contributed by atoms with Gasteiger partial charge in [0.2, 0.25) is 0 Å². The number of carbonyl (C=O) groups excluding carboxylic acids is 2. The normalized spacial score (nSPS) is 12.7. The molecular formula is C17H14N4O6. The third kappa shape index (κ3) is 4.44. The van der Waals surface area contributed by atoms with Gasteiger partial charge in [-0.05, 0) is 18.2 Å². The molecule has 0 spiro atoms. The maximum absolute atomic E-state index is 11.9. The monoisotopic (exact) mass is 370 g/mol. The topological polar surface area (TPSA) is 133 Å². The molecule has 0 unspecified atom stereocenters. The number of aromatic nitrogens is 1. The lowest BCUT2D eigenvalue weighted by Gasteiger charge is -2.19. The van der Waals surface area contributed by atoms with E-state index < -0.39 is 16.7 Å². The van der Waals surface area contributed by atoms with Crippen molar-refractivity contribution in [3.05, 3.63) is 69.5 Å². The lowest BCUT2D eigenvalue weighted by atomic mass is 10.1. The van der Waals surface area contributed by atoms with E-state index in [-0.39, 0.29) is 24.8 Å². The highest BCUT2D eigenvalue weighted by molar-refractivity contribution is 5.97. The largest absolute Gasteiger partial charge is 0.467 e. The highest BCUT2D eigenvalue weighted by atomic mass is 16.7. The summed E-state index contributed by atoms with van der Waals surface area (Å²) < 4.78 is 10.5. The number of amides is 2. The maximum atomic E-state index is 11.9. The van der Waals surface area contributed by atoms with Gasteiger partial charge in [0.15, 0.2) is 6.79 Å². The van der Waals surface area contributed by atoms with Gasteiger partial charge in [-0.3, -0.25) is 35.5 Å². The fourth-order valence-corrected chi connectivity index (χ4v) is 2.35. The van der Waals surface area contributed by atoms with Gasteiger partial charge in [0.1, 0.15) is 11.4 Å². The van der Waals surface area contributed by atoms with Gasteiger partial charge in [-0.2, -0.15) is 0 Å². The number of fused-ring (bicyclic) bond motifs is 1. The van der Waals surface area contributed by atoms with E-state index >= 15 is 0 Å². The van der Waals surface area contributed by atoms with Gasteiger partial charge in [-0.25, -0.2) is 0 Å². The molecule has 1 aromatic heterocycles. The molecule has 2 amide bonds. The second-order valence-corrected chi connectivity index (χ2v) is 5.38. The number of nitrogens with one attached hydrogen (secondary N) is 2. The molecule has 27 heavy (non-hydrogen) atoms. The van der Waals surface area contributed by atoms with Crippen molar-refractivity contribution in [1.29, 1.82) is 0 Å². The molecule has 0 fully saturated rings. The zero-order valence-corrected chi connectivity index (χ0v) is 13.9. The molecule has 10 heteroatoms. The van der Waals surface area contributed by atoms with E-state index in [2.05, 4.69) is 15.8 Å². The first-order chi connectivity index (χ1) is 13.0. The number of hydrazine groups is 1. The number of nitro groups is 1. The Morgan fingerprint density at radius 3 is 2.85 bits per heavy atom. The van der Waals surface area contributed by atoms with E-state index in [1.807, 2.05) is 0 Å². The molecule has 138 valence electrons. The highest BCUT2D eigenvalue weighted by Crippen LogP contribution is 2.33. The van der Waals surface area contributed by atoms with Crippen molar-refractivity contribution < 1.29 is 24.0 Å². The lowest BCUT2D eigenvalue weighted by molar-refractivity contribution is -0.385. The second kappa shape index (κ2) is 8.06. The van der Waals surface area contributed by atoms with Crippen molar-refractivity contribution >= 4 is 23.6 Å². The number of nitrogens with zero attached hydrogens (tertiary/aromatic N) is 2. The highest BCUT2D eigenvalue weighted by Gasteiger charge is 2.19. The van der Waals surface area contributed by atoms with Crippen LogP contribution in [-0.2, 0) is 16.1 Å². The fraction of sp³-hybridized carbons (Fsp3) is 0.118. The number of benzene rings is 1. The molecule has 10 nitrogen and oxygen atoms in total. The Morgan fingerprint density at radius 1 is 1.26 bits per heavy atom. The molecule has 0 bridgehead atoms. The number of carbonyl (C=O) groups is 2. The number of hydrogen-bond donors (Lipinski definition) is 2. The van der Waals surface area contributed by atoms with E-state index in [0.717, 1.165) is 6.08 Å². The molecule has 0 aliphatic carbocycles. The number of non-ortho nitro benzene ring substituents is 1. The Hall–Kier alpha value is -3.79. The number of ether oxygens (including phenoxy) is 2. The van der Waals surface area contributed by atoms with Crippen LogP contribution in [0, 0.1) is 10.1 Å². The van der Waals surface area contributed by atoms with Crippen molar-refractivity contribution in [2.75, 3.05) is 6.79 Å². The molecule has 1 aliphatic heterocycles. The van der Waals surface area contributed by atoms with Gasteiger partial charge < -0.3 is 9.47 Å². The van der Waals surface area contributed by atoms with Crippen molar-refractivity contribution in [2.24, 2.45) is 0 Å². The zero-order valence-electron chi connectivity index (χ0n) is 13.9. The summed E-state index contributed by atoms with van der Waals surface area (Å²) in [5.74, 6) is -0.800. The van der Waals surface area contributed by atoms with E-state index in [1.165, 1.54) is 30.5 Å². The zero-order chi connectivity index (χ0) is 19.2. The fourth-order valence-electron chi connectivity index (χ4n) is 2.35. The van der Waals surface area contributed by atoms with Crippen molar-refractivity contribution in [1.82, 2.24) is 15.8 Å². The Balaban J connectivity index is 1.70. The SMILES string of the molecule is O=C(/C=C/c1cc([N+](=O)[O-])cc2c1OCOC2)NNC(=O)c1ccccn1. The first-order valence-electron chi connectivity index (χ1n) is 7.76. The molecule has 1 aromatic carbocycles. The molecular weight excluding hydrogens is 356 g/mol. The van der Waals surface area contributed by atoms with Crippen LogP contribution in [0.5, 0.6) is 5.75 Å². The average Bonchev–Trinajstić information content (AvgIpc) is 2.70. The summed E-state index contributed by atoms with van der Waals surface area (Å²) in [6.07, 6.45) is 3.93. The number of hydrogen-bond acceptors (Lipinski definition) is 7. The third-order valence-corrected chi connectivity index (χ3v) is 3.55. The van der Waals surface area contributed by atoms with Crippen LogP contribution in [0.2, 0.25) is 0 Å². The summed E-state index contributed by atoms with van der Waals surface area (Å²) in [6.45, 7) is 0.183. The number of rotatable bonds is 4. The molecule has 2 aromatic rings. The molecule has 0 saturated heterocycles. The van der Waals surface area contributed by atoms with E-state index in [4.69, 9.17) is 9.47 Å². The van der Waals surface area contributed by atoms with Gasteiger partial charge in [0.25, 0.3) is 17.5 Å². The van der Waals surface area contributed by atoms with Crippen LogP contribution in [0.25, 0.3) is 6.08 Å². The standard InChI is InChI=1S/C17H14N4O6/c22-15(19-20-17(23)14-3-1-2-6-18-14)5-4-11-7-13(21(24)25)8-12-9-26-10-27-16(11)12/h1-8H,9-10H2,(H,19,22)(H,20,23)/b5-4+. The summed E-state index contributed by atoms with van der Waals surface area (Å²) in [5.41, 5.74) is 5.28. The Bertz CT molecular complexity index is 913. The summed E-state index contributed by atoms with van der Waals surface area (Å²) in [6, 6.07) is 7.44. The van der Waals surface area contributed by atoms with E-state index in [9.17, 15) is 19.7 Å². The lowest BCUT2D eigenvalue weighted by Crippen LogP contribution is -2.41. The summed E-state index contributed by atoms with van der Waals surface area (Å²) in [5, 5.41) is 11.1. The molecule has 2 heterocycles. The Kier molecular flexibility index (Phi) is 5.38. The minimum Gasteiger partial charge on any atom is -0.467 e. The summed E-state index contributed by atoms with van der Waals surface area (Å²) >= 11 is 0. The summed E-state index contributed by atoms with van der Waals surface area (Å²) in [7, 11) is 0. The number of nitro benzene ring substituents is 1. The predicted octanol–water partition coefficient (Wildman–Crippen LogP) is 1.33. The predicted molar refractivity (Wildman–Crippen MR) is 92.3 cm³/mol. The van der Waals surface area contributed by atoms with Gasteiger partial charge in [-0.1, -0.05) is 6.07 Å². The van der Waals surface area contributed by atoms with Crippen LogP contribution >= 0.6 is 0 Å². The van der Waals surface area contributed by atoms with Crippen molar-refractivity contribution in [3.8, 4) is 5.75 Å². The van der Waals surface area contributed by atoms with Gasteiger partial charge in [0.05, 0.1) is 11.5 Å². The summed E-state index contributed by atoms with van der Waals surface area (Å²) in [4.78, 5) is 38.1. The van der Waals surface area contributed by atoms with Gasteiger partial charge in [-0.15, -0.1) is 0 Å². The second-order valence-electron chi connectivity index (χ2n) is 5.38. The Morgan fingerprint density at radius 2 is 2.11 bits per heavy atom. The van der Waals surface area contributed by atoms with Gasteiger partial charge in [0, 0.05) is 35.5 Å². The van der Waals surface area contributed by atoms with Gasteiger partial charge >= 0.3 is 0 Å². The Labute approximate surface area is 152 Å².